The van der Waals surface area contributed by atoms with E-state index in [1.165, 1.54) is 32.4 Å². The molecule has 0 aliphatic carbocycles. The molecule has 2 amide bonds. The lowest BCUT2D eigenvalue weighted by atomic mass is 10.0. The second-order valence-electron chi connectivity index (χ2n) is 5.65. The number of nitrogens with zero attached hydrogens (tertiary/aromatic N) is 1. The molecule has 28 heavy (non-hydrogen) atoms. The third-order valence-electron chi connectivity index (χ3n) is 4.02. The number of methoxy groups -OCH3 is 2. The quantitative estimate of drug-likeness (QED) is 0.580. The summed E-state index contributed by atoms with van der Waals surface area (Å²) < 4.78 is 10.3. The van der Waals surface area contributed by atoms with Crippen LogP contribution in [0.1, 0.15) is 5.56 Å². The van der Waals surface area contributed by atoms with Gasteiger partial charge < -0.3 is 20.1 Å². The molecule has 1 aliphatic rings. The molecule has 9 heteroatoms. The lowest BCUT2D eigenvalue weighted by Crippen LogP contribution is -2.17. The Bertz CT molecular complexity index is 1070. The summed E-state index contributed by atoms with van der Waals surface area (Å²) in [5, 5.41) is 15.2. The average molecular weight is 418 g/mol. The van der Waals surface area contributed by atoms with E-state index in [4.69, 9.17) is 32.7 Å². The van der Waals surface area contributed by atoms with Crippen LogP contribution in [0.15, 0.2) is 35.9 Å². The third kappa shape index (κ3) is 3.48. The fourth-order valence-electron chi connectivity index (χ4n) is 2.77. The fourth-order valence-corrected chi connectivity index (χ4v) is 3.31. The van der Waals surface area contributed by atoms with E-state index >= 15 is 0 Å². The number of amides is 2. The summed E-state index contributed by atoms with van der Waals surface area (Å²) in [6, 6.07) is 9.43. The minimum atomic E-state index is -0.760. The number of hydrogen-bond donors (Lipinski definition) is 2. The number of hydrogen-bond acceptors (Lipinski definition) is 5. The Hall–Kier alpha value is -3.21. The molecule has 0 atom stereocenters. The zero-order valence-electron chi connectivity index (χ0n) is 14.7. The first-order valence-electron chi connectivity index (χ1n) is 7.88. The van der Waals surface area contributed by atoms with Crippen LogP contribution in [-0.4, -0.2) is 26.0 Å². The maximum Gasteiger partial charge on any atom is 0.267 e. The molecule has 0 bridgehead atoms. The van der Waals surface area contributed by atoms with Gasteiger partial charge in [0.2, 0.25) is 0 Å². The van der Waals surface area contributed by atoms with Crippen molar-refractivity contribution in [2.24, 2.45) is 0 Å². The van der Waals surface area contributed by atoms with Crippen molar-refractivity contribution in [3.8, 4) is 17.6 Å². The van der Waals surface area contributed by atoms with E-state index in [9.17, 15) is 14.9 Å². The molecule has 0 radical (unpaired) electrons. The largest absolute Gasteiger partial charge is 0.493 e. The van der Waals surface area contributed by atoms with Crippen LogP contribution in [0.5, 0.6) is 11.5 Å². The van der Waals surface area contributed by atoms with Gasteiger partial charge >= 0.3 is 0 Å². The van der Waals surface area contributed by atoms with Gasteiger partial charge in [-0.25, -0.2) is 0 Å². The molecule has 142 valence electrons. The topological polar surface area (TPSA) is 100 Å². The third-order valence-corrected chi connectivity index (χ3v) is 4.54. The molecule has 3 rings (SSSR count). The molecule has 0 saturated carbocycles. The van der Waals surface area contributed by atoms with E-state index in [0.717, 1.165) is 0 Å². The first-order valence-corrected chi connectivity index (χ1v) is 8.63. The van der Waals surface area contributed by atoms with E-state index in [1.807, 2.05) is 0 Å². The number of nitrogens with one attached hydrogen (secondary N) is 2. The summed E-state index contributed by atoms with van der Waals surface area (Å²) >= 11 is 12.1. The Morgan fingerprint density at radius 1 is 1.14 bits per heavy atom. The summed E-state index contributed by atoms with van der Waals surface area (Å²) in [6.45, 7) is 0. The molecule has 2 aromatic rings. The van der Waals surface area contributed by atoms with Crippen molar-refractivity contribution in [3.63, 3.8) is 0 Å². The molecule has 0 unspecified atom stereocenters. The van der Waals surface area contributed by atoms with Crippen LogP contribution >= 0.6 is 23.2 Å². The van der Waals surface area contributed by atoms with Crippen molar-refractivity contribution in [2.45, 2.75) is 0 Å². The van der Waals surface area contributed by atoms with Gasteiger partial charge in [-0.05, 0) is 24.3 Å². The van der Waals surface area contributed by atoms with Gasteiger partial charge in [-0.2, -0.15) is 5.26 Å². The van der Waals surface area contributed by atoms with E-state index in [2.05, 4.69) is 10.6 Å². The van der Waals surface area contributed by atoms with Crippen molar-refractivity contribution in [1.82, 2.24) is 0 Å². The Morgan fingerprint density at radius 2 is 1.86 bits per heavy atom. The zero-order valence-corrected chi connectivity index (χ0v) is 16.2. The number of anilines is 2. The number of ether oxygens (including phenoxy) is 2. The molecular formula is C19H13Cl2N3O4. The number of carbonyl (C=O) groups is 2. The molecule has 7 nitrogen and oxygen atoms in total. The second kappa shape index (κ2) is 7.80. The minimum Gasteiger partial charge on any atom is -0.493 e. The van der Waals surface area contributed by atoms with Crippen molar-refractivity contribution in [3.05, 3.63) is 51.5 Å². The summed E-state index contributed by atoms with van der Waals surface area (Å²) in [7, 11) is 2.94. The molecule has 2 aromatic carbocycles. The number of nitriles is 1. The lowest BCUT2D eigenvalue weighted by molar-refractivity contribution is -0.113. The van der Waals surface area contributed by atoms with Crippen LogP contribution in [0.4, 0.5) is 11.4 Å². The van der Waals surface area contributed by atoms with Gasteiger partial charge in [0.05, 0.1) is 30.5 Å². The predicted octanol–water partition coefficient (Wildman–Crippen LogP) is 3.88. The fraction of sp³-hybridized carbons (Fsp3) is 0.105. The van der Waals surface area contributed by atoms with Gasteiger partial charge in [0.25, 0.3) is 11.8 Å². The highest BCUT2D eigenvalue weighted by atomic mass is 35.5. The monoisotopic (exact) mass is 417 g/mol. The Labute approximate surface area is 170 Å². The van der Waals surface area contributed by atoms with Gasteiger partial charge in [0.15, 0.2) is 11.5 Å². The van der Waals surface area contributed by atoms with E-state index in [-0.39, 0.29) is 21.2 Å². The number of carbonyl (C=O) groups excluding carboxylic acids is 2. The molecule has 2 N–H and O–H groups in total. The van der Waals surface area contributed by atoms with Gasteiger partial charge in [-0.3, -0.25) is 9.59 Å². The highest BCUT2D eigenvalue weighted by Crippen LogP contribution is 2.41. The average Bonchev–Trinajstić information content (AvgIpc) is 2.99. The Kier molecular flexibility index (Phi) is 5.45. The first kappa shape index (κ1) is 19.5. The van der Waals surface area contributed by atoms with Crippen molar-refractivity contribution in [1.29, 1.82) is 5.26 Å². The normalized spacial score (nSPS) is 13.9. The molecule has 1 aliphatic heterocycles. The van der Waals surface area contributed by atoms with E-state index < -0.39 is 11.8 Å². The van der Waals surface area contributed by atoms with Gasteiger partial charge in [-0.15, -0.1) is 0 Å². The van der Waals surface area contributed by atoms with E-state index in [1.54, 1.807) is 18.2 Å². The smallest absolute Gasteiger partial charge is 0.267 e. The Balaban J connectivity index is 2.02. The van der Waals surface area contributed by atoms with Crippen LogP contribution in [0.3, 0.4) is 0 Å². The van der Waals surface area contributed by atoms with Crippen LogP contribution in [0.2, 0.25) is 10.0 Å². The summed E-state index contributed by atoms with van der Waals surface area (Å²) in [5.41, 5.74) is 0.488. The summed E-state index contributed by atoms with van der Waals surface area (Å²) in [5.74, 6) is -0.497. The van der Waals surface area contributed by atoms with Crippen molar-refractivity contribution >= 4 is 52.0 Å². The highest BCUT2D eigenvalue weighted by Gasteiger charge is 2.32. The van der Waals surface area contributed by atoms with E-state index in [0.29, 0.717) is 28.4 Å². The predicted molar refractivity (Wildman–Crippen MR) is 106 cm³/mol. The van der Waals surface area contributed by atoms with Gasteiger partial charge in [0.1, 0.15) is 11.6 Å². The number of rotatable bonds is 4. The molecule has 1 heterocycles. The Morgan fingerprint density at radius 3 is 2.50 bits per heavy atom. The van der Waals surface area contributed by atoms with Crippen LogP contribution in [0, 0.1) is 11.3 Å². The molecule has 0 spiro atoms. The van der Waals surface area contributed by atoms with Gasteiger partial charge in [0, 0.05) is 22.3 Å². The van der Waals surface area contributed by atoms with Crippen molar-refractivity contribution in [2.75, 3.05) is 24.9 Å². The molecule has 0 fully saturated rings. The maximum absolute atomic E-state index is 12.7. The second-order valence-corrected chi connectivity index (χ2v) is 6.49. The van der Waals surface area contributed by atoms with Crippen LogP contribution < -0.4 is 20.1 Å². The zero-order chi connectivity index (χ0) is 20.4. The van der Waals surface area contributed by atoms with Crippen molar-refractivity contribution < 1.29 is 19.1 Å². The number of fused-ring (bicyclic) bond motifs is 1. The minimum absolute atomic E-state index is 0.0973. The van der Waals surface area contributed by atoms with Gasteiger partial charge in [-0.1, -0.05) is 23.2 Å². The van der Waals surface area contributed by atoms with Crippen LogP contribution in [0.25, 0.3) is 5.57 Å². The first-order chi connectivity index (χ1) is 13.4. The standard InChI is InChI=1S/C19H13Cl2N3O4/c1-27-14-4-3-10(7-15(14)28-2)23-18(25)12(8-22)16-11-5-9(20)6-13(21)17(11)24-19(16)26/h3-7H,1-2H3,(H,23,25)(H,24,26). The van der Waals surface area contributed by atoms with Crippen LogP contribution in [-0.2, 0) is 9.59 Å². The SMILES string of the molecule is COc1ccc(NC(=O)C(C#N)=C2C(=O)Nc3c(Cl)cc(Cl)cc32)cc1OC. The molecular weight excluding hydrogens is 405 g/mol. The molecule has 0 aromatic heterocycles. The number of benzene rings is 2. The highest BCUT2D eigenvalue weighted by molar-refractivity contribution is 6.43. The molecule has 0 saturated heterocycles. The maximum atomic E-state index is 12.7. The lowest BCUT2D eigenvalue weighted by Gasteiger charge is -2.11. The summed E-state index contributed by atoms with van der Waals surface area (Å²) in [6.07, 6.45) is 0. The number of halogens is 2. The summed E-state index contributed by atoms with van der Waals surface area (Å²) in [4.78, 5) is 25.1.